The van der Waals surface area contributed by atoms with Crippen LogP contribution in [0.15, 0.2) is 18.7 Å². The van der Waals surface area contributed by atoms with Crippen molar-refractivity contribution in [2.45, 2.75) is 162 Å². The first-order valence-electron chi connectivity index (χ1n) is 15.0. The van der Waals surface area contributed by atoms with Gasteiger partial charge in [-0.3, -0.25) is 0 Å². The van der Waals surface area contributed by atoms with Crippen LogP contribution in [0.2, 0.25) is 0 Å². The molecule has 0 nitrogen and oxygen atoms in total. The van der Waals surface area contributed by atoms with Crippen LogP contribution in [0.1, 0.15) is 165 Å². The molecule has 0 spiro atoms. The highest BCUT2D eigenvalue weighted by atomic mass is 14.1. The molecule has 0 unspecified atom stereocenters. The second-order valence-corrected chi connectivity index (χ2v) is 10.5. The molecule has 0 saturated heterocycles. The first-order valence-corrected chi connectivity index (χ1v) is 15.0. The molecule has 0 aliphatic heterocycles. The molecule has 0 atom stereocenters. The molecule has 33 heavy (non-hydrogen) atoms. The zero-order valence-electron chi connectivity index (χ0n) is 23.0. The Balaban J connectivity index is 2.24. The summed E-state index contributed by atoms with van der Waals surface area (Å²) < 4.78 is 0. The Hall–Kier alpha value is -1.04. The molecule has 0 radical (unpaired) electrons. The molecule has 0 aliphatic carbocycles. The van der Waals surface area contributed by atoms with Crippen molar-refractivity contribution < 1.29 is 0 Å². The maximum Gasteiger partial charge on any atom is -0.0228 e. The lowest BCUT2D eigenvalue weighted by Crippen LogP contribution is -2.00. The quantitative estimate of drug-likeness (QED) is 0.144. The topological polar surface area (TPSA) is 0 Å². The van der Waals surface area contributed by atoms with Crippen LogP contribution in [-0.2, 0) is 12.8 Å². The van der Waals surface area contributed by atoms with Crippen molar-refractivity contribution in [3.63, 3.8) is 0 Å². The molecular weight excluding hydrogens is 396 g/mol. The van der Waals surface area contributed by atoms with Crippen molar-refractivity contribution in [3.8, 4) is 0 Å². The molecule has 0 aliphatic rings. The summed E-state index contributed by atoms with van der Waals surface area (Å²) in [5.41, 5.74) is 6.09. The van der Waals surface area contributed by atoms with Crippen LogP contribution in [0.5, 0.6) is 0 Å². The van der Waals surface area contributed by atoms with Gasteiger partial charge in [0.05, 0.1) is 0 Å². The van der Waals surface area contributed by atoms with Gasteiger partial charge in [0.25, 0.3) is 0 Å². The van der Waals surface area contributed by atoms with Crippen LogP contribution >= 0.6 is 0 Å². The molecule has 0 heteroatoms. The number of rotatable bonds is 23. The van der Waals surface area contributed by atoms with Gasteiger partial charge in [-0.15, -0.1) is 0 Å². The van der Waals surface area contributed by atoms with Gasteiger partial charge in [0.2, 0.25) is 0 Å². The third kappa shape index (κ3) is 14.7. The fourth-order valence-electron chi connectivity index (χ4n) is 5.21. The summed E-state index contributed by atoms with van der Waals surface area (Å²) in [6.07, 6.45) is 32.8. The zero-order chi connectivity index (χ0) is 24.0. The summed E-state index contributed by atoms with van der Waals surface area (Å²) in [5, 5.41) is 0. The van der Waals surface area contributed by atoms with Crippen molar-refractivity contribution in [1.29, 1.82) is 0 Å². The molecule has 1 rings (SSSR count). The lowest BCUT2D eigenvalue weighted by Gasteiger charge is -2.15. The van der Waals surface area contributed by atoms with E-state index in [9.17, 15) is 0 Å². The Kier molecular flexibility index (Phi) is 19.5. The lowest BCUT2D eigenvalue weighted by atomic mass is 9.90. The molecule has 0 heterocycles. The Morgan fingerprint density at radius 3 is 1.36 bits per heavy atom. The molecule has 0 amide bonds. The molecule has 190 valence electrons. The summed E-state index contributed by atoms with van der Waals surface area (Å²) >= 11 is 0. The monoisotopic (exact) mass is 454 g/mol. The van der Waals surface area contributed by atoms with Crippen molar-refractivity contribution in [2.24, 2.45) is 0 Å². The Morgan fingerprint density at radius 2 is 0.939 bits per heavy atom. The van der Waals surface area contributed by atoms with Crippen molar-refractivity contribution >= 4 is 6.08 Å². The van der Waals surface area contributed by atoms with Crippen LogP contribution in [0, 0.1) is 6.92 Å². The maximum atomic E-state index is 4.09. The minimum absolute atomic E-state index is 1.23. The van der Waals surface area contributed by atoms with Gasteiger partial charge in [-0.05, 0) is 54.9 Å². The zero-order valence-corrected chi connectivity index (χ0v) is 23.0. The number of benzene rings is 1. The summed E-state index contributed by atoms with van der Waals surface area (Å²) in [5.74, 6) is 0. The van der Waals surface area contributed by atoms with E-state index in [0.29, 0.717) is 0 Å². The smallest absolute Gasteiger partial charge is 0.0228 e. The molecule has 0 N–H and O–H groups in total. The summed E-state index contributed by atoms with van der Waals surface area (Å²) in [6, 6.07) is 4.71. The van der Waals surface area contributed by atoms with E-state index in [1.807, 2.05) is 0 Å². The predicted octanol–water partition coefficient (Wildman–Crippen LogP) is 11.6. The van der Waals surface area contributed by atoms with Gasteiger partial charge in [0, 0.05) is 0 Å². The average Bonchev–Trinajstić information content (AvgIpc) is 2.83. The highest BCUT2D eigenvalue weighted by Crippen LogP contribution is 2.24. The summed E-state index contributed by atoms with van der Waals surface area (Å²) in [7, 11) is 0. The van der Waals surface area contributed by atoms with Crippen LogP contribution < -0.4 is 0 Å². The minimum atomic E-state index is 1.23. The van der Waals surface area contributed by atoms with Gasteiger partial charge in [-0.25, -0.2) is 0 Å². The van der Waals surface area contributed by atoms with E-state index in [-0.39, 0.29) is 0 Å². The molecule has 0 aromatic heterocycles. The van der Waals surface area contributed by atoms with Gasteiger partial charge >= 0.3 is 0 Å². The second-order valence-electron chi connectivity index (χ2n) is 10.5. The van der Waals surface area contributed by atoms with Gasteiger partial charge in [0.15, 0.2) is 0 Å². The van der Waals surface area contributed by atoms with E-state index in [1.54, 1.807) is 16.7 Å². The average molecular weight is 455 g/mol. The normalized spacial score (nSPS) is 11.2. The van der Waals surface area contributed by atoms with Gasteiger partial charge < -0.3 is 0 Å². The van der Waals surface area contributed by atoms with Crippen LogP contribution in [0.4, 0.5) is 0 Å². The summed E-state index contributed by atoms with van der Waals surface area (Å²) in [6.45, 7) is 11.1. The molecule has 0 bridgehead atoms. The third-order valence-corrected chi connectivity index (χ3v) is 7.55. The van der Waals surface area contributed by atoms with Crippen molar-refractivity contribution in [1.82, 2.24) is 0 Å². The number of hydrogen-bond donors (Lipinski definition) is 0. The van der Waals surface area contributed by atoms with Gasteiger partial charge in [0.1, 0.15) is 0 Å². The lowest BCUT2D eigenvalue weighted by molar-refractivity contribution is 0.555. The largest absolute Gasteiger partial charge is 0.0985 e. The Morgan fingerprint density at radius 1 is 0.545 bits per heavy atom. The minimum Gasteiger partial charge on any atom is -0.0985 e. The first-order chi connectivity index (χ1) is 16.2. The number of aryl methyl sites for hydroxylation is 1. The Bertz CT molecular complexity index is 582. The van der Waals surface area contributed by atoms with E-state index in [0.717, 1.165) is 0 Å². The fraction of sp³-hybridized carbons (Fsp3) is 0.758. The second kappa shape index (κ2) is 21.5. The van der Waals surface area contributed by atoms with Crippen LogP contribution in [0.3, 0.4) is 0 Å². The molecule has 0 saturated carbocycles. The third-order valence-electron chi connectivity index (χ3n) is 7.55. The number of unbranched alkanes of at least 4 members (excludes halogenated alkanes) is 18. The summed E-state index contributed by atoms with van der Waals surface area (Å²) in [4.78, 5) is 0. The van der Waals surface area contributed by atoms with Crippen molar-refractivity contribution in [3.05, 3.63) is 41.0 Å². The standard InChI is InChI=1S/C33H58/c1-5-8-10-12-14-16-18-20-22-24-26-32-29-28-31(7-3)33(30(32)4)27-25-23-21-19-17-15-13-11-9-6-2/h7,28-29H,3,5-6,8-27H2,1-2,4H3. The van der Waals surface area contributed by atoms with E-state index in [1.165, 1.54) is 147 Å². The fourth-order valence-corrected chi connectivity index (χ4v) is 5.21. The SMILES string of the molecule is C=Cc1ccc(CCCCCCCCCCCC)c(C)c1CCCCCCCCCCCC. The van der Waals surface area contributed by atoms with E-state index < -0.39 is 0 Å². The molecule has 0 fully saturated rings. The highest BCUT2D eigenvalue weighted by Gasteiger charge is 2.08. The van der Waals surface area contributed by atoms with Gasteiger partial charge in [-0.1, -0.05) is 154 Å². The predicted molar refractivity (Wildman–Crippen MR) is 152 cm³/mol. The van der Waals surface area contributed by atoms with E-state index in [2.05, 4.69) is 45.6 Å². The van der Waals surface area contributed by atoms with Crippen LogP contribution in [-0.4, -0.2) is 0 Å². The van der Waals surface area contributed by atoms with Gasteiger partial charge in [-0.2, -0.15) is 0 Å². The number of hydrogen-bond acceptors (Lipinski definition) is 0. The van der Waals surface area contributed by atoms with Crippen LogP contribution in [0.25, 0.3) is 6.08 Å². The highest BCUT2D eigenvalue weighted by molar-refractivity contribution is 5.56. The first kappa shape index (κ1) is 30.0. The molecule has 1 aromatic carbocycles. The molecular formula is C33H58. The Labute approximate surface area is 209 Å². The maximum absolute atomic E-state index is 4.09. The van der Waals surface area contributed by atoms with E-state index in [4.69, 9.17) is 0 Å². The van der Waals surface area contributed by atoms with E-state index >= 15 is 0 Å². The van der Waals surface area contributed by atoms with Crippen molar-refractivity contribution in [2.75, 3.05) is 0 Å². The molecule has 1 aromatic rings.